The first-order chi connectivity index (χ1) is 9.70. The number of aromatic nitrogens is 1. The smallest absolute Gasteiger partial charge is 0.224 e. The fourth-order valence-electron chi connectivity index (χ4n) is 2.55. The Morgan fingerprint density at radius 1 is 1.30 bits per heavy atom. The van der Waals surface area contributed by atoms with Crippen LogP contribution in [-0.4, -0.2) is 16.9 Å². The molecular weight excluding hydrogens is 248 g/mol. The average Bonchev–Trinajstić information content (AvgIpc) is 2.82. The van der Waals surface area contributed by atoms with Gasteiger partial charge in [0.2, 0.25) is 5.91 Å². The molecule has 0 aliphatic heterocycles. The summed E-state index contributed by atoms with van der Waals surface area (Å²) < 4.78 is 0. The minimum absolute atomic E-state index is 0.110. The highest BCUT2D eigenvalue weighted by atomic mass is 16.1. The molecule has 108 valence electrons. The van der Waals surface area contributed by atoms with Crippen LogP contribution in [0.3, 0.4) is 0 Å². The predicted molar refractivity (Wildman–Crippen MR) is 83.7 cm³/mol. The number of carbonyl (C=O) groups is 1. The maximum atomic E-state index is 12.1. The Hall–Kier alpha value is -1.77. The van der Waals surface area contributed by atoms with Crippen molar-refractivity contribution in [1.29, 1.82) is 0 Å². The van der Waals surface area contributed by atoms with Crippen LogP contribution in [0.4, 0.5) is 0 Å². The van der Waals surface area contributed by atoms with E-state index in [2.05, 4.69) is 30.2 Å². The number of hydrogen-bond acceptors (Lipinski definition) is 1. The number of aromatic amines is 1. The lowest BCUT2D eigenvalue weighted by atomic mass is 10.1. The van der Waals surface area contributed by atoms with Gasteiger partial charge in [-0.15, -0.1) is 0 Å². The van der Waals surface area contributed by atoms with Gasteiger partial charge in [0.05, 0.1) is 6.42 Å². The third-order valence-corrected chi connectivity index (χ3v) is 3.67. The molecule has 0 saturated carbocycles. The zero-order valence-electron chi connectivity index (χ0n) is 12.4. The molecule has 2 aromatic rings. The van der Waals surface area contributed by atoms with E-state index in [4.69, 9.17) is 0 Å². The lowest BCUT2D eigenvalue weighted by Crippen LogP contribution is -2.33. The van der Waals surface area contributed by atoms with Gasteiger partial charge in [-0.25, -0.2) is 0 Å². The van der Waals surface area contributed by atoms with E-state index < -0.39 is 0 Å². The molecule has 0 bridgehead atoms. The van der Waals surface area contributed by atoms with E-state index in [0.29, 0.717) is 6.42 Å². The fourth-order valence-corrected chi connectivity index (χ4v) is 2.55. The summed E-state index contributed by atoms with van der Waals surface area (Å²) in [7, 11) is 0. The molecule has 0 aliphatic rings. The van der Waals surface area contributed by atoms with Crippen LogP contribution < -0.4 is 5.32 Å². The molecule has 0 spiro atoms. The van der Waals surface area contributed by atoms with Crippen LogP contribution in [0, 0.1) is 0 Å². The third-order valence-electron chi connectivity index (χ3n) is 3.67. The van der Waals surface area contributed by atoms with E-state index in [1.807, 2.05) is 24.4 Å². The van der Waals surface area contributed by atoms with E-state index in [-0.39, 0.29) is 11.9 Å². The fraction of sp³-hybridized carbons (Fsp3) is 0.471. The number of amides is 1. The van der Waals surface area contributed by atoms with Crippen molar-refractivity contribution in [1.82, 2.24) is 10.3 Å². The summed E-state index contributed by atoms with van der Waals surface area (Å²) in [6, 6.07) is 8.35. The number of para-hydroxylation sites is 1. The first-order valence-corrected chi connectivity index (χ1v) is 7.55. The van der Waals surface area contributed by atoms with Crippen LogP contribution >= 0.6 is 0 Å². The summed E-state index contributed by atoms with van der Waals surface area (Å²) >= 11 is 0. The van der Waals surface area contributed by atoms with Gasteiger partial charge in [0, 0.05) is 23.1 Å². The second-order valence-corrected chi connectivity index (χ2v) is 5.50. The van der Waals surface area contributed by atoms with Gasteiger partial charge >= 0.3 is 0 Å². The molecule has 1 amide bonds. The lowest BCUT2D eigenvalue weighted by molar-refractivity contribution is -0.121. The first-order valence-electron chi connectivity index (χ1n) is 7.55. The number of hydrogen-bond donors (Lipinski definition) is 2. The number of nitrogens with one attached hydrogen (secondary N) is 2. The molecule has 20 heavy (non-hydrogen) atoms. The number of unbranched alkanes of at least 4 members (excludes halogenated alkanes) is 2. The molecular formula is C17H24N2O. The third kappa shape index (κ3) is 3.86. The number of fused-ring (bicyclic) bond motifs is 1. The molecule has 2 rings (SSSR count). The maximum absolute atomic E-state index is 12.1. The highest BCUT2D eigenvalue weighted by Crippen LogP contribution is 2.18. The molecule has 0 aliphatic carbocycles. The van der Waals surface area contributed by atoms with Crippen LogP contribution in [0.2, 0.25) is 0 Å². The second-order valence-electron chi connectivity index (χ2n) is 5.50. The van der Waals surface area contributed by atoms with E-state index in [0.717, 1.165) is 22.9 Å². The van der Waals surface area contributed by atoms with Crippen LogP contribution in [-0.2, 0) is 11.2 Å². The topological polar surface area (TPSA) is 44.9 Å². The normalized spacial score (nSPS) is 12.5. The summed E-state index contributed by atoms with van der Waals surface area (Å²) in [6.07, 6.45) is 7.09. The molecule has 2 N–H and O–H groups in total. The van der Waals surface area contributed by atoms with Gasteiger partial charge in [-0.2, -0.15) is 0 Å². The number of carbonyl (C=O) groups excluding carboxylic acids is 1. The standard InChI is InChI=1S/C17H24N2O/c1-3-4-5-8-13(2)19-17(20)11-14-12-18-16-10-7-6-9-15(14)16/h6-7,9-10,12-13,18H,3-5,8,11H2,1-2H3,(H,19,20). The zero-order valence-corrected chi connectivity index (χ0v) is 12.4. The van der Waals surface area contributed by atoms with E-state index >= 15 is 0 Å². The van der Waals surface area contributed by atoms with Crippen molar-refractivity contribution in [3.63, 3.8) is 0 Å². The maximum Gasteiger partial charge on any atom is 0.224 e. The van der Waals surface area contributed by atoms with Gasteiger partial charge in [-0.05, 0) is 25.0 Å². The zero-order chi connectivity index (χ0) is 14.4. The van der Waals surface area contributed by atoms with Crippen molar-refractivity contribution in [2.75, 3.05) is 0 Å². The number of rotatable bonds is 7. The predicted octanol–water partition coefficient (Wildman–Crippen LogP) is 3.80. The second kappa shape index (κ2) is 7.13. The molecule has 3 heteroatoms. The first kappa shape index (κ1) is 14.6. The molecule has 0 fully saturated rings. The molecule has 1 heterocycles. The summed E-state index contributed by atoms with van der Waals surface area (Å²) in [5.74, 6) is 0.110. The average molecular weight is 272 g/mol. The van der Waals surface area contributed by atoms with Gasteiger partial charge in [-0.3, -0.25) is 4.79 Å². The summed E-state index contributed by atoms with van der Waals surface area (Å²) in [5.41, 5.74) is 2.16. The van der Waals surface area contributed by atoms with Crippen molar-refractivity contribution >= 4 is 16.8 Å². The van der Waals surface area contributed by atoms with Gasteiger partial charge < -0.3 is 10.3 Å². The minimum Gasteiger partial charge on any atom is -0.361 e. The van der Waals surface area contributed by atoms with Crippen molar-refractivity contribution in [2.45, 2.75) is 52.0 Å². The molecule has 1 atom stereocenters. The molecule has 0 radical (unpaired) electrons. The van der Waals surface area contributed by atoms with Gasteiger partial charge in [0.25, 0.3) is 0 Å². The van der Waals surface area contributed by atoms with Gasteiger partial charge in [0.15, 0.2) is 0 Å². The summed E-state index contributed by atoms with van der Waals surface area (Å²) in [4.78, 5) is 15.3. The number of H-pyrrole nitrogens is 1. The quantitative estimate of drug-likeness (QED) is 0.740. The Kier molecular flexibility index (Phi) is 5.22. The molecule has 1 unspecified atom stereocenters. The van der Waals surface area contributed by atoms with Crippen LogP contribution in [0.15, 0.2) is 30.5 Å². The largest absolute Gasteiger partial charge is 0.361 e. The van der Waals surface area contributed by atoms with Gasteiger partial charge in [0.1, 0.15) is 0 Å². The Morgan fingerprint density at radius 3 is 2.90 bits per heavy atom. The highest BCUT2D eigenvalue weighted by molar-refractivity contribution is 5.88. The molecule has 1 aromatic carbocycles. The Balaban J connectivity index is 1.88. The molecule has 0 saturated heterocycles. The van der Waals surface area contributed by atoms with Gasteiger partial charge in [-0.1, -0.05) is 44.4 Å². The minimum atomic E-state index is 0.110. The van der Waals surface area contributed by atoms with E-state index in [1.54, 1.807) is 0 Å². The molecule has 3 nitrogen and oxygen atoms in total. The van der Waals surface area contributed by atoms with Crippen molar-refractivity contribution in [3.8, 4) is 0 Å². The Labute approximate surface area is 120 Å². The highest BCUT2D eigenvalue weighted by Gasteiger charge is 2.10. The van der Waals surface area contributed by atoms with Crippen molar-refractivity contribution in [3.05, 3.63) is 36.0 Å². The van der Waals surface area contributed by atoms with E-state index in [9.17, 15) is 4.79 Å². The van der Waals surface area contributed by atoms with Crippen LogP contribution in [0.25, 0.3) is 10.9 Å². The monoisotopic (exact) mass is 272 g/mol. The lowest BCUT2D eigenvalue weighted by Gasteiger charge is -2.13. The molecule has 1 aromatic heterocycles. The Morgan fingerprint density at radius 2 is 2.10 bits per heavy atom. The SMILES string of the molecule is CCCCCC(C)NC(=O)Cc1c[nH]c2ccccc12. The van der Waals surface area contributed by atoms with E-state index in [1.165, 1.54) is 19.3 Å². The van der Waals surface area contributed by atoms with Crippen molar-refractivity contribution in [2.24, 2.45) is 0 Å². The number of benzene rings is 1. The Bertz CT molecular complexity index is 559. The van der Waals surface area contributed by atoms with Crippen molar-refractivity contribution < 1.29 is 4.79 Å². The summed E-state index contributed by atoms with van der Waals surface area (Å²) in [5, 5.41) is 4.23. The van der Waals surface area contributed by atoms with Crippen LogP contribution in [0.1, 0.15) is 45.1 Å². The summed E-state index contributed by atoms with van der Waals surface area (Å²) in [6.45, 7) is 4.28. The van der Waals surface area contributed by atoms with Crippen LogP contribution in [0.5, 0.6) is 0 Å².